The van der Waals surface area contributed by atoms with E-state index < -0.39 is 35.5 Å². The van der Waals surface area contributed by atoms with E-state index in [1.165, 1.54) is 6.92 Å². The number of nitrogens with one attached hydrogen (secondary N) is 3. The Balaban J connectivity index is 1.86. The summed E-state index contributed by atoms with van der Waals surface area (Å²) in [5.41, 5.74) is 0.171. The van der Waals surface area contributed by atoms with Crippen LogP contribution in [0.4, 0.5) is 8.78 Å². The summed E-state index contributed by atoms with van der Waals surface area (Å²) in [5.74, 6) is -2.83. The molecule has 1 saturated heterocycles. The average molecular weight is 339 g/mol. The van der Waals surface area contributed by atoms with Crippen LogP contribution in [0.3, 0.4) is 0 Å². The molecule has 1 fully saturated rings. The maximum atomic E-state index is 13.1. The number of halogens is 2. The van der Waals surface area contributed by atoms with Gasteiger partial charge in [-0.25, -0.2) is 8.78 Å². The number of carbonyl (C=O) groups excluding carboxylic acids is 3. The molecule has 2 rings (SSSR count). The Labute approximate surface area is 138 Å². The lowest BCUT2D eigenvalue weighted by molar-refractivity contribution is -0.132. The number of hydrogen-bond acceptors (Lipinski definition) is 3. The van der Waals surface area contributed by atoms with Gasteiger partial charge in [0.2, 0.25) is 17.7 Å². The smallest absolute Gasteiger partial charge is 0.242 e. The van der Waals surface area contributed by atoms with Crippen molar-refractivity contribution in [3.63, 3.8) is 0 Å². The number of benzene rings is 1. The van der Waals surface area contributed by atoms with Gasteiger partial charge in [0.1, 0.15) is 23.7 Å². The molecule has 1 aliphatic rings. The predicted molar refractivity (Wildman–Crippen MR) is 81.8 cm³/mol. The topological polar surface area (TPSA) is 87.3 Å². The molecule has 1 aliphatic heterocycles. The molecule has 1 heterocycles. The van der Waals surface area contributed by atoms with Crippen molar-refractivity contribution in [2.24, 2.45) is 0 Å². The second kappa shape index (κ2) is 7.85. The summed E-state index contributed by atoms with van der Waals surface area (Å²) in [4.78, 5) is 35.5. The van der Waals surface area contributed by atoms with Gasteiger partial charge in [-0.05, 0) is 37.5 Å². The van der Waals surface area contributed by atoms with Crippen LogP contribution >= 0.6 is 0 Å². The summed E-state index contributed by atoms with van der Waals surface area (Å²) >= 11 is 0. The predicted octanol–water partition coefficient (Wildman–Crippen LogP) is 0.407. The van der Waals surface area contributed by atoms with Gasteiger partial charge in [-0.1, -0.05) is 0 Å². The molecule has 130 valence electrons. The molecule has 3 amide bonds. The van der Waals surface area contributed by atoms with Crippen molar-refractivity contribution in [3.8, 4) is 0 Å². The van der Waals surface area contributed by atoms with Gasteiger partial charge in [0.25, 0.3) is 0 Å². The molecule has 0 radical (unpaired) electrons. The zero-order valence-corrected chi connectivity index (χ0v) is 13.2. The highest BCUT2D eigenvalue weighted by molar-refractivity contribution is 5.92. The number of hydrogen-bond donors (Lipinski definition) is 3. The van der Waals surface area contributed by atoms with Gasteiger partial charge in [-0.15, -0.1) is 0 Å². The molecular formula is C16H19F2N3O3. The van der Waals surface area contributed by atoms with E-state index in [9.17, 15) is 23.2 Å². The molecule has 0 spiro atoms. The molecule has 2 atom stereocenters. The van der Waals surface area contributed by atoms with Crippen molar-refractivity contribution in [1.82, 2.24) is 16.0 Å². The van der Waals surface area contributed by atoms with Gasteiger partial charge < -0.3 is 16.0 Å². The minimum absolute atomic E-state index is 0.171. The third-order valence-electron chi connectivity index (χ3n) is 3.66. The fraction of sp³-hybridized carbons (Fsp3) is 0.438. The van der Waals surface area contributed by atoms with E-state index in [1.807, 2.05) is 0 Å². The summed E-state index contributed by atoms with van der Waals surface area (Å²) in [5, 5.41) is 7.66. The first kappa shape index (κ1) is 17.8. The highest BCUT2D eigenvalue weighted by Gasteiger charge is 2.26. The van der Waals surface area contributed by atoms with Crippen molar-refractivity contribution in [3.05, 3.63) is 35.4 Å². The number of rotatable bonds is 5. The van der Waals surface area contributed by atoms with Gasteiger partial charge in [0, 0.05) is 12.6 Å². The zero-order valence-electron chi connectivity index (χ0n) is 13.2. The van der Waals surface area contributed by atoms with Gasteiger partial charge in [0.05, 0.1) is 6.42 Å². The zero-order chi connectivity index (χ0) is 17.7. The highest BCUT2D eigenvalue weighted by Crippen LogP contribution is 2.09. The maximum Gasteiger partial charge on any atom is 0.242 e. The Hall–Kier alpha value is -2.51. The highest BCUT2D eigenvalue weighted by atomic mass is 19.1. The first-order chi connectivity index (χ1) is 11.3. The van der Waals surface area contributed by atoms with E-state index in [2.05, 4.69) is 16.0 Å². The number of amides is 3. The van der Waals surface area contributed by atoms with Gasteiger partial charge in [-0.2, -0.15) is 0 Å². The minimum Gasteiger partial charge on any atom is -0.354 e. The summed E-state index contributed by atoms with van der Waals surface area (Å²) < 4.78 is 26.2. The molecule has 1 aromatic carbocycles. The van der Waals surface area contributed by atoms with Crippen LogP contribution in [0, 0.1) is 11.6 Å². The summed E-state index contributed by atoms with van der Waals surface area (Å²) in [6, 6.07) is 1.35. The van der Waals surface area contributed by atoms with Crippen molar-refractivity contribution >= 4 is 17.7 Å². The standard InChI is InChI=1S/C16H19F2N3O3/c1-9(15(23)21-13-3-2-4-19-16(13)24)20-14(22)7-10-5-11(17)8-12(18)6-10/h5-6,8-9,13H,2-4,7H2,1H3,(H,19,24)(H,20,22)(H,21,23)/t9-,13?/m0/s1. The molecule has 1 unspecified atom stereocenters. The second-order valence-electron chi connectivity index (χ2n) is 5.74. The molecule has 0 aliphatic carbocycles. The molecule has 3 N–H and O–H groups in total. The summed E-state index contributed by atoms with van der Waals surface area (Å²) in [6.45, 7) is 2.06. The second-order valence-corrected chi connectivity index (χ2v) is 5.74. The largest absolute Gasteiger partial charge is 0.354 e. The van der Waals surface area contributed by atoms with Crippen molar-refractivity contribution in [2.75, 3.05) is 6.54 Å². The van der Waals surface area contributed by atoms with E-state index in [0.29, 0.717) is 19.0 Å². The van der Waals surface area contributed by atoms with Gasteiger partial charge in [-0.3, -0.25) is 14.4 Å². The van der Waals surface area contributed by atoms with E-state index >= 15 is 0 Å². The third kappa shape index (κ3) is 5.00. The van der Waals surface area contributed by atoms with Crippen LogP contribution in [0.1, 0.15) is 25.3 Å². The van der Waals surface area contributed by atoms with E-state index in [-0.39, 0.29) is 17.9 Å². The SMILES string of the molecule is C[C@H](NC(=O)Cc1cc(F)cc(F)c1)C(=O)NC1CCCNC1=O. The molecular weight excluding hydrogens is 320 g/mol. The summed E-state index contributed by atoms with van der Waals surface area (Å²) in [6.07, 6.45) is 1.06. The first-order valence-electron chi connectivity index (χ1n) is 7.67. The van der Waals surface area contributed by atoms with Crippen LogP contribution in [-0.4, -0.2) is 36.3 Å². The van der Waals surface area contributed by atoms with Crippen LogP contribution in [-0.2, 0) is 20.8 Å². The molecule has 24 heavy (non-hydrogen) atoms. The Morgan fingerprint density at radius 3 is 2.58 bits per heavy atom. The fourth-order valence-corrected chi connectivity index (χ4v) is 2.46. The van der Waals surface area contributed by atoms with Gasteiger partial charge in [0.15, 0.2) is 0 Å². The lowest BCUT2D eigenvalue weighted by Gasteiger charge is -2.24. The maximum absolute atomic E-state index is 13.1. The number of carbonyl (C=O) groups is 3. The Morgan fingerprint density at radius 2 is 1.96 bits per heavy atom. The van der Waals surface area contributed by atoms with E-state index in [4.69, 9.17) is 0 Å². The van der Waals surface area contributed by atoms with Crippen LogP contribution in [0.25, 0.3) is 0 Å². The monoisotopic (exact) mass is 339 g/mol. The van der Waals surface area contributed by atoms with Crippen LogP contribution in [0.15, 0.2) is 18.2 Å². The summed E-state index contributed by atoms with van der Waals surface area (Å²) in [7, 11) is 0. The van der Waals surface area contributed by atoms with Crippen molar-refractivity contribution < 1.29 is 23.2 Å². The fourth-order valence-electron chi connectivity index (χ4n) is 2.46. The lowest BCUT2D eigenvalue weighted by Crippen LogP contribution is -2.54. The van der Waals surface area contributed by atoms with Crippen molar-refractivity contribution in [1.29, 1.82) is 0 Å². The Morgan fingerprint density at radius 1 is 1.29 bits per heavy atom. The van der Waals surface area contributed by atoms with Crippen LogP contribution < -0.4 is 16.0 Å². The molecule has 6 nitrogen and oxygen atoms in total. The van der Waals surface area contributed by atoms with Crippen LogP contribution in [0.2, 0.25) is 0 Å². The lowest BCUT2D eigenvalue weighted by atomic mass is 10.1. The molecule has 0 bridgehead atoms. The quantitative estimate of drug-likeness (QED) is 0.726. The first-order valence-corrected chi connectivity index (χ1v) is 7.67. The average Bonchev–Trinajstić information content (AvgIpc) is 2.48. The van der Waals surface area contributed by atoms with E-state index in [1.54, 1.807) is 0 Å². The Kier molecular flexibility index (Phi) is 5.83. The molecule has 0 saturated carbocycles. The van der Waals surface area contributed by atoms with E-state index in [0.717, 1.165) is 18.6 Å². The molecule has 1 aromatic rings. The van der Waals surface area contributed by atoms with Crippen LogP contribution in [0.5, 0.6) is 0 Å². The normalized spacial score (nSPS) is 18.5. The van der Waals surface area contributed by atoms with Gasteiger partial charge >= 0.3 is 0 Å². The third-order valence-corrected chi connectivity index (χ3v) is 3.66. The Bertz CT molecular complexity index is 631. The molecule has 0 aromatic heterocycles. The van der Waals surface area contributed by atoms with Crippen molar-refractivity contribution in [2.45, 2.75) is 38.3 Å². The molecule has 8 heteroatoms. The number of piperidine rings is 1. The minimum atomic E-state index is -0.870.